The van der Waals surface area contributed by atoms with E-state index in [1.165, 1.54) is 0 Å². The number of hydrogen-bond donors (Lipinski definition) is 1. The lowest BCUT2D eigenvalue weighted by Crippen LogP contribution is -1.94. The van der Waals surface area contributed by atoms with Gasteiger partial charge in [-0.2, -0.15) is 0 Å². The molecular formula is C12H12N6O2. The van der Waals surface area contributed by atoms with E-state index in [1.54, 1.807) is 25.0 Å². The van der Waals surface area contributed by atoms with Crippen LogP contribution in [-0.4, -0.2) is 32.3 Å². The van der Waals surface area contributed by atoms with Crippen LogP contribution in [0.15, 0.2) is 34.9 Å². The number of nitrogens with zero attached hydrogens (tertiary/aromatic N) is 5. The van der Waals surface area contributed by atoms with Crippen molar-refractivity contribution in [2.75, 3.05) is 12.4 Å². The Morgan fingerprint density at radius 1 is 1.20 bits per heavy atom. The summed E-state index contributed by atoms with van der Waals surface area (Å²) in [5.41, 5.74) is 1.26. The number of aromatic nitrogens is 5. The Hall–Kier alpha value is -2.90. The van der Waals surface area contributed by atoms with Gasteiger partial charge in [0.15, 0.2) is 5.69 Å². The average molecular weight is 272 g/mol. The van der Waals surface area contributed by atoms with Crippen LogP contribution in [0.1, 0.15) is 0 Å². The summed E-state index contributed by atoms with van der Waals surface area (Å²) in [5.74, 6) is 0.988. The maximum absolute atomic E-state index is 5.48. The summed E-state index contributed by atoms with van der Waals surface area (Å²) in [6.07, 6.45) is 1.69. The van der Waals surface area contributed by atoms with Crippen LogP contribution in [0.5, 0.6) is 5.75 Å². The number of anilines is 2. The Labute approximate surface area is 114 Å². The molecule has 1 aromatic carbocycles. The second-order valence-corrected chi connectivity index (χ2v) is 4.02. The highest BCUT2D eigenvalue weighted by Crippen LogP contribution is 2.27. The molecular weight excluding hydrogens is 260 g/mol. The fraction of sp³-hybridized carbons (Fsp3) is 0.167. The highest BCUT2D eigenvalue weighted by molar-refractivity contribution is 5.62. The monoisotopic (exact) mass is 272 g/mol. The summed E-state index contributed by atoms with van der Waals surface area (Å²) in [6.45, 7) is 0. The number of hydrogen-bond acceptors (Lipinski definition) is 7. The summed E-state index contributed by atoms with van der Waals surface area (Å²) in [5, 5.41) is 18.5. The first-order valence-electron chi connectivity index (χ1n) is 5.86. The van der Waals surface area contributed by atoms with Crippen LogP contribution in [0.2, 0.25) is 0 Å². The van der Waals surface area contributed by atoms with Gasteiger partial charge in [-0.15, -0.1) is 10.2 Å². The lowest BCUT2D eigenvalue weighted by Gasteiger charge is -2.06. The van der Waals surface area contributed by atoms with Crippen LogP contribution in [0.4, 0.5) is 11.7 Å². The van der Waals surface area contributed by atoms with E-state index in [0.29, 0.717) is 17.3 Å². The van der Waals surface area contributed by atoms with Gasteiger partial charge >= 0.3 is 6.01 Å². The molecule has 0 aliphatic heterocycles. The van der Waals surface area contributed by atoms with Crippen molar-refractivity contribution in [2.24, 2.45) is 7.05 Å². The molecule has 1 N–H and O–H groups in total. The Morgan fingerprint density at radius 3 is 2.80 bits per heavy atom. The molecule has 0 saturated heterocycles. The molecule has 8 nitrogen and oxygen atoms in total. The third-order valence-corrected chi connectivity index (χ3v) is 2.60. The molecule has 8 heteroatoms. The topological polar surface area (TPSA) is 90.9 Å². The predicted octanol–water partition coefficient (Wildman–Crippen LogP) is 1.62. The van der Waals surface area contributed by atoms with Gasteiger partial charge in [0.1, 0.15) is 5.75 Å². The first-order valence-corrected chi connectivity index (χ1v) is 5.86. The first-order chi connectivity index (χ1) is 9.76. The van der Waals surface area contributed by atoms with Crippen molar-refractivity contribution in [3.05, 3.63) is 30.5 Å². The van der Waals surface area contributed by atoms with Crippen LogP contribution in [-0.2, 0) is 7.05 Å². The van der Waals surface area contributed by atoms with Crippen LogP contribution >= 0.6 is 0 Å². The van der Waals surface area contributed by atoms with Crippen LogP contribution in [0, 0.1) is 0 Å². The molecule has 0 amide bonds. The molecule has 0 aliphatic carbocycles. The van der Waals surface area contributed by atoms with Gasteiger partial charge in [0.05, 0.1) is 19.0 Å². The predicted molar refractivity (Wildman–Crippen MR) is 70.6 cm³/mol. The lowest BCUT2D eigenvalue weighted by molar-refractivity contribution is 0.416. The number of rotatable bonds is 4. The summed E-state index contributed by atoms with van der Waals surface area (Å²) in [7, 11) is 3.36. The molecule has 0 spiro atoms. The zero-order valence-corrected chi connectivity index (χ0v) is 10.9. The van der Waals surface area contributed by atoms with Crippen LogP contribution < -0.4 is 10.1 Å². The molecule has 0 radical (unpaired) electrons. The molecule has 20 heavy (non-hydrogen) atoms. The number of ether oxygens (including phenoxy) is 1. The van der Waals surface area contributed by atoms with E-state index in [9.17, 15) is 0 Å². The standard InChI is InChI=1S/C12H12N6O2/c1-18-7-9(14-17-18)11-15-16-12(20-11)13-8-5-3-4-6-10(8)19-2/h3-7H,1-2H3,(H,13,16). The third-order valence-electron chi connectivity index (χ3n) is 2.60. The number of para-hydroxylation sites is 2. The molecule has 2 heterocycles. The second-order valence-electron chi connectivity index (χ2n) is 4.02. The molecule has 102 valence electrons. The minimum atomic E-state index is 0.259. The Balaban J connectivity index is 1.84. The Bertz CT molecular complexity index is 720. The SMILES string of the molecule is COc1ccccc1Nc1nnc(-c2cn(C)nn2)o1. The minimum absolute atomic E-state index is 0.259. The normalized spacial score (nSPS) is 10.5. The Kier molecular flexibility index (Phi) is 3.04. The van der Waals surface area contributed by atoms with E-state index in [-0.39, 0.29) is 6.01 Å². The van der Waals surface area contributed by atoms with Crippen molar-refractivity contribution in [1.82, 2.24) is 25.2 Å². The number of benzene rings is 1. The molecule has 0 aliphatic rings. The Morgan fingerprint density at radius 2 is 2.05 bits per heavy atom. The fourth-order valence-electron chi connectivity index (χ4n) is 1.69. The van der Waals surface area contributed by atoms with Crippen molar-refractivity contribution in [2.45, 2.75) is 0 Å². The summed E-state index contributed by atoms with van der Waals surface area (Å²) < 4.78 is 12.3. The molecule has 0 saturated carbocycles. The van der Waals surface area contributed by atoms with E-state index < -0.39 is 0 Å². The van der Waals surface area contributed by atoms with Gasteiger partial charge < -0.3 is 14.5 Å². The minimum Gasteiger partial charge on any atom is -0.495 e. The van der Waals surface area contributed by atoms with Gasteiger partial charge in [-0.1, -0.05) is 22.4 Å². The maximum Gasteiger partial charge on any atom is 0.320 e. The smallest absolute Gasteiger partial charge is 0.320 e. The molecule has 0 unspecified atom stereocenters. The van der Waals surface area contributed by atoms with Gasteiger partial charge in [0.2, 0.25) is 0 Å². The van der Waals surface area contributed by atoms with Gasteiger partial charge in [-0.25, -0.2) is 0 Å². The maximum atomic E-state index is 5.48. The largest absolute Gasteiger partial charge is 0.495 e. The number of nitrogens with one attached hydrogen (secondary N) is 1. The first kappa shape index (κ1) is 12.2. The van der Waals surface area contributed by atoms with E-state index in [4.69, 9.17) is 9.15 Å². The fourth-order valence-corrected chi connectivity index (χ4v) is 1.69. The zero-order chi connectivity index (χ0) is 13.9. The highest BCUT2D eigenvalue weighted by Gasteiger charge is 2.12. The molecule has 0 atom stereocenters. The van der Waals surface area contributed by atoms with Crippen molar-refractivity contribution in [3.8, 4) is 17.3 Å². The third kappa shape index (κ3) is 2.30. The van der Waals surface area contributed by atoms with Crippen molar-refractivity contribution < 1.29 is 9.15 Å². The van der Waals surface area contributed by atoms with E-state index in [2.05, 4.69) is 25.8 Å². The molecule has 0 bridgehead atoms. The highest BCUT2D eigenvalue weighted by atomic mass is 16.5. The van der Waals surface area contributed by atoms with Crippen LogP contribution in [0.25, 0.3) is 11.6 Å². The van der Waals surface area contributed by atoms with Gasteiger partial charge in [-0.05, 0) is 12.1 Å². The summed E-state index contributed by atoms with van der Waals surface area (Å²) >= 11 is 0. The second kappa shape index (κ2) is 5.00. The van der Waals surface area contributed by atoms with Crippen molar-refractivity contribution in [3.63, 3.8) is 0 Å². The number of methoxy groups -OCH3 is 1. The van der Waals surface area contributed by atoms with Crippen LogP contribution in [0.3, 0.4) is 0 Å². The quantitative estimate of drug-likeness (QED) is 0.771. The van der Waals surface area contributed by atoms with Crippen molar-refractivity contribution in [1.29, 1.82) is 0 Å². The molecule has 3 rings (SSSR count). The number of aryl methyl sites for hydroxylation is 1. The molecule has 0 fully saturated rings. The average Bonchev–Trinajstić information content (AvgIpc) is 3.08. The van der Waals surface area contributed by atoms with E-state index >= 15 is 0 Å². The van der Waals surface area contributed by atoms with E-state index in [0.717, 1.165) is 5.69 Å². The van der Waals surface area contributed by atoms with E-state index in [1.807, 2.05) is 24.3 Å². The van der Waals surface area contributed by atoms with Gasteiger partial charge in [-0.3, -0.25) is 4.68 Å². The van der Waals surface area contributed by atoms with Crippen molar-refractivity contribution >= 4 is 11.7 Å². The summed E-state index contributed by atoms with van der Waals surface area (Å²) in [6, 6.07) is 7.70. The lowest BCUT2D eigenvalue weighted by atomic mass is 10.3. The summed E-state index contributed by atoms with van der Waals surface area (Å²) in [4.78, 5) is 0. The van der Waals surface area contributed by atoms with Gasteiger partial charge in [0.25, 0.3) is 5.89 Å². The zero-order valence-electron chi connectivity index (χ0n) is 10.9. The molecule has 3 aromatic rings. The van der Waals surface area contributed by atoms with Gasteiger partial charge in [0, 0.05) is 7.05 Å². The molecule has 2 aromatic heterocycles.